The van der Waals surface area contributed by atoms with Crippen molar-refractivity contribution in [3.8, 4) is 17.2 Å². The van der Waals surface area contributed by atoms with E-state index in [0.717, 1.165) is 0 Å². The van der Waals surface area contributed by atoms with Gasteiger partial charge in [-0.25, -0.2) is 0 Å². The predicted molar refractivity (Wildman–Crippen MR) is 122 cm³/mol. The van der Waals surface area contributed by atoms with Crippen LogP contribution in [0.2, 0.25) is 0 Å². The first-order valence-electron chi connectivity index (χ1n) is 10.9. The Morgan fingerprint density at radius 3 is 2.38 bits per heavy atom. The molecule has 3 rings (SSSR count). The summed E-state index contributed by atoms with van der Waals surface area (Å²) in [5.41, 5.74) is 0.939. The van der Waals surface area contributed by atoms with Gasteiger partial charge in [-0.15, -0.1) is 0 Å². The molecule has 0 bridgehead atoms. The number of Topliss-reactive ketones (excluding diaryl/α,β-unsaturated/α-hetero) is 1. The van der Waals surface area contributed by atoms with Gasteiger partial charge in [-0.2, -0.15) is 0 Å². The Morgan fingerprint density at radius 1 is 1.03 bits per heavy atom. The molecule has 0 aliphatic carbocycles. The van der Waals surface area contributed by atoms with Gasteiger partial charge in [0.25, 0.3) is 5.91 Å². The standard InChI is InChI=1S/C25H29NO8/c1-16(27)20-10-11-21(30-3)24(31-4)23(20)33-15-19-14-26(12-13-32-19)25(29)22(34-17(2)28)18-8-6-5-7-9-18/h5-11,19,22H,12-15H2,1-4H3. The molecule has 9 nitrogen and oxygen atoms in total. The number of ether oxygens (including phenoxy) is 5. The van der Waals surface area contributed by atoms with Crippen LogP contribution in [0.5, 0.6) is 17.2 Å². The number of hydrogen-bond acceptors (Lipinski definition) is 8. The largest absolute Gasteiger partial charge is 0.493 e. The van der Waals surface area contributed by atoms with Crippen LogP contribution in [0.3, 0.4) is 0 Å². The van der Waals surface area contributed by atoms with E-state index in [-0.39, 0.29) is 37.2 Å². The maximum Gasteiger partial charge on any atom is 0.303 e. The first-order valence-corrected chi connectivity index (χ1v) is 10.9. The molecule has 1 aliphatic heterocycles. The first kappa shape index (κ1) is 25.0. The summed E-state index contributed by atoms with van der Waals surface area (Å²) in [7, 11) is 2.96. The van der Waals surface area contributed by atoms with E-state index in [9.17, 15) is 14.4 Å². The van der Waals surface area contributed by atoms with Crippen LogP contribution in [0.1, 0.15) is 35.9 Å². The van der Waals surface area contributed by atoms with Crippen LogP contribution in [0, 0.1) is 0 Å². The minimum Gasteiger partial charge on any atom is -0.493 e. The molecule has 2 aromatic rings. The van der Waals surface area contributed by atoms with Gasteiger partial charge in [0.1, 0.15) is 12.7 Å². The van der Waals surface area contributed by atoms with Crippen LogP contribution in [0.15, 0.2) is 42.5 Å². The molecule has 1 heterocycles. The lowest BCUT2D eigenvalue weighted by atomic mass is 10.1. The third-order valence-corrected chi connectivity index (χ3v) is 5.35. The average Bonchev–Trinajstić information content (AvgIpc) is 2.85. The summed E-state index contributed by atoms with van der Waals surface area (Å²) in [6.07, 6.45) is -1.51. The molecule has 0 N–H and O–H groups in total. The Morgan fingerprint density at radius 2 is 1.76 bits per heavy atom. The molecular formula is C25H29NO8. The lowest BCUT2D eigenvalue weighted by Crippen LogP contribution is -2.49. The lowest BCUT2D eigenvalue weighted by molar-refractivity contribution is -0.163. The quantitative estimate of drug-likeness (QED) is 0.407. The fraction of sp³-hybridized carbons (Fsp3) is 0.400. The summed E-state index contributed by atoms with van der Waals surface area (Å²) < 4.78 is 27.8. The van der Waals surface area contributed by atoms with Gasteiger partial charge in [0, 0.05) is 19.0 Å². The van der Waals surface area contributed by atoms with Crippen molar-refractivity contribution in [3.05, 3.63) is 53.6 Å². The zero-order valence-electron chi connectivity index (χ0n) is 19.7. The van der Waals surface area contributed by atoms with Gasteiger partial charge in [0.2, 0.25) is 11.9 Å². The summed E-state index contributed by atoms with van der Waals surface area (Å²) in [5, 5.41) is 0. The van der Waals surface area contributed by atoms with Crippen molar-refractivity contribution >= 4 is 17.7 Å². The van der Waals surface area contributed by atoms with Crippen LogP contribution in [-0.4, -0.2) is 69.2 Å². The zero-order valence-corrected chi connectivity index (χ0v) is 19.7. The van der Waals surface area contributed by atoms with E-state index >= 15 is 0 Å². The van der Waals surface area contributed by atoms with Gasteiger partial charge >= 0.3 is 5.97 Å². The topological polar surface area (TPSA) is 101 Å². The molecule has 1 aliphatic rings. The minimum absolute atomic E-state index is 0.0666. The maximum atomic E-state index is 13.3. The summed E-state index contributed by atoms with van der Waals surface area (Å²) in [6.45, 7) is 3.64. The summed E-state index contributed by atoms with van der Waals surface area (Å²) in [4.78, 5) is 38.6. The monoisotopic (exact) mass is 471 g/mol. The molecule has 9 heteroatoms. The smallest absolute Gasteiger partial charge is 0.303 e. The highest BCUT2D eigenvalue weighted by atomic mass is 16.6. The number of nitrogens with zero attached hydrogens (tertiary/aromatic N) is 1. The second-order valence-electron chi connectivity index (χ2n) is 7.72. The van der Waals surface area contributed by atoms with Gasteiger partial charge in [-0.3, -0.25) is 14.4 Å². The molecule has 2 atom stereocenters. The van der Waals surface area contributed by atoms with E-state index in [4.69, 9.17) is 23.7 Å². The molecule has 0 saturated carbocycles. The molecule has 2 unspecified atom stereocenters. The minimum atomic E-state index is -1.04. The summed E-state index contributed by atoms with van der Waals surface area (Å²) >= 11 is 0. The number of esters is 1. The van der Waals surface area contributed by atoms with Crippen LogP contribution in [-0.2, 0) is 19.1 Å². The number of morpholine rings is 1. The van der Waals surface area contributed by atoms with Gasteiger partial charge in [-0.05, 0) is 19.1 Å². The van der Waals surface area contributed by atoms with Crippen molar-refractivity contribution in [1.82, 2.24) is 4.90 Å². The Balaban J connectivity index is 1.75. The van der Waals surface area contributed by atoms with Gasteiger partial charge < -0.3 is 28.6 Å². The highest BCUT2D eigenvalue weighted by Crippen LogP contribution is 2.40. The van der Waals surface area contributed by atoms with Gasteiger partial charge in [0.05, 0.1) is 32.9 Å². The summed E-state index contributed by atoms with van der Waals surface area (Å²) in [5.74, 6) is -0.0860. The van der Waals surface area contributed by atoms with Crippen LogP contribution >= 0.6 is 0 Å². The molecular weight excluding hydrogens is 442 g/mol. The van der Waals surface area contributed by atoms with Gasteiger partial charge in [-0.1, -0.05) is 30.3 Å². The number of carbonyl (C=O) groups is 3. The molecule has 182 valence electrons. The van der Waals surface area contributed by atoms with E-state index in [2.05, 4.69) is 0 Å². The van der Waals surface area contributed by atoms with E-state index < -0.39 is 18.2 Å². The second kappa shape index (κ2) is 11.5. The number of amides is 1. The normalized spacial score (nSPS) is 16.4. The maximum absolute atomic E-state index is 13.3. The van der Waals surface area contributed by atoms with Crippen LogP contribution in [0.25, 0.3) is 0 Å². The van der Waals surface area contributed by atoms with E-state index in [1.807, 2.05) is 6.07 Å². The van der Waals surface area contributed by atoms with Crippen molar-refractivity contribution in [2.24, 2.45) is 0 Å². The van der Waals surface area contributed by atoms with Crippen molar-refractivity contribution in [2.45, 2.75) is 26.1 Å². The van der Waals surface area contributed by atoms with Crippen molar-refractivity contribution < 1.29 is 38.1 Å². The van der Waals surface area contributed by atoms with E-state index in [0.29, 0.717) is 29.2 Å². The predicted octanol–water partition coefficient (Wildman–Crippen LogP) is 2.82. The van der Waals surface area contributed by atoms with Crippen LogP contribution in [0.4, 0.5) is 0 Å². The number of ketones is 1. The third kappa shape index (κ3) is 5.85. The number of rotatable bonds is 9. The second-order valence-corrected chi connectivity index (χ2v) is 7.72. The van der Waals surface area contributed by atoms with Crippen molar-refractivity contribution in [2.75, 3.05) is 40.5 Å². The van der Waals surface area contributed by atoms with E-state index in [1.54, 1.807) is 41.3 Å². The molecule has 2 aromatic carbocycles. The van der Waals surface area contributed by atoms with E-state index in [1.165, 1.54) is 28.1 Å². The SMILES string of the molecule is COc1ccc(C(C)=O)c(OCC2CN(C(=O)C(OC(C)=O)c3ccccc3)CCO2)c1OC. The van der Waals surface area contributed by atoms with Gasteiger partial charge in [0.15, 0.2) is 17.3 Å². The van der Waals surface area contributed by atoms with Crippen LogP contribution < -0.4 is 14.2 Å². The molecule has 0 radical (unpaired) electrons. The molecule has 0 aromatic heterocycles. The Labute approximate surface area is 198 Å². The summed E-state index contributed by atoms with van der Waals surface area (Å²) in [6, 6.07) is 12.1. The number of carbonyl (C=O) groups excluding carboxylic acids is 3. The fourth-order valence-corrected chi connectivity index (χ4v) is 3.74. The molecule has 0 spiro atoms. The average molecular weight is 472 g/mol. The number of hydrogen-bond donors (Lipinski definition) is 0. The molecule has 1 saturated heterocycles. The third-order valence-electron chi connectivity index (χ3n) is 5.35. The lowest BCUT2D eigenvalue weighted by Gasteiger charge is -2.34. The Bertz CT molecular complexity index is 1020. The number of methoxy groups -OCH3 is 2. The van der Waals surface area contributed by atoms with Crippen molar-refractivity contribution in [3.63, 3.8) is 0 Å². The Kier molecular flexibility index (Phi) is 8.48. The first-order chi connectivity index (χ1) is 16.3. The zero-order chi connectivity index (χ0) is 24.7. The molecule has 1 fully saturated rings. The molecule has 1 amide bonds. The molecule has 34 heavy (non-hydrogen) atoms. The van der Waals surface area contributed by atoms with Crippen molar-refractivity contribution in [1.29, 1.82) is 0 Å². The number of benzene rings is 2. The highest BCUT2D eigenvalue weighted by molar-refractivity contribution is 5.98. The fourth-order valence-electron chi connectivity index (χ4n) is 3.74. The Hall–Kier alpha value is -3.59. The highest BCUT2D eigenvalue weighted by Gasteiger charge is 2.33.